The van der Waals surface area contributed by atoms with Crippen LogP contribution in [0.5, 0.6) is 11.5 Å². The predicted octanol–water partition coefficient (Wildman–Crippen LogP) is 4.63. The second kappa shape index (κ2) is 11.4. The number of carbonyl (C=O) groups excluding carboxylic acids is 2. The van der Waals surface area contributed by atoms with Gasteiger partial charge < -0.3 is 28.5 Å². The summed E-state index contributed by atoms with van der Waals surface area (Å²) in [5.74, 6) is -2.85. The van der Waals surface area contributed by atoms with E-state index in [1.54, 1.807) is 0 Å². The van der Waals surface area contributed by atoms with Gasteiger partial charge in [-0.3, -0.25) is 0 Å². The molecule has 0 saturated carbocycles. The van der Waals surface area contributed by atoms with Crippen LogP contribution in [0.4, 0.5) is 31.1 Å². The number of aryl methyl sites for hydroxylation is 1. The first-order valence-electron chi connectivity index (χ1n) is 10.2. The molecule has 0 spiro atoms. The van der Waals surface area contributed by atoms with Crippen LogP contribution in [-0.2, 0) is 23.8 Å². The highest BCUT2D eigenvalue weighted by Crippen LogP contribution is 2.41. The molecule has 0 aromatic heterocycles. The van der Waals surface area contributed by atoms with Crippen LogP contribution in [0.2, 0.25) is 0 Å². The molecular formula is C20H19F6NO10. The van der Waals surface area contributed by atoms with Crippen LogP contribution in [-0.4, -0.2) is 54.9 Å². The highest BCUT2D eigenvalue weighted by molar-refractivity contribution is 5.96. The van der Waals surface area contributed by atoms with Gasteiger partial charge >= 0.3 is 24.7 Å². The maximum Gasteiger partial charge on any atom is 0.573 e. The van der Waals surface area contributed by atoms with E-state index in [4.69, 9.17) is 14.2 Å². The normalized spacial score (nSPS) is 16.8. The average molecular weight is 547 g/mol. The molecule has 0 saturated heterocycles. The predicted molar refractivity (Wildman–Crippen MR) is 106 cm³/mol. The SMILES string of the molecule is Cc1cc(OC(F)(F)F)cc2c1OC(C(F)(F)F)C(C(=O)OC(C)OC(=O)OC(C)CCO[N+](=O)[O-])=C2. The highest BCUT2D eigenvalue weighted by atomic mass is 19.4. The van der Waals surface area contributed by atoms with Gasteiger partial charge in [-0.1, -0.05) is 0 Å². The maximum absolute atomic E-state index is 13.6. The molecule has 2 rings (SSSR count). The van der Waals surface area contributed by atoms with Crippen molar-refractivity contribution in [3.8, 4) is 11.5 Å². The minimum absolute atomic E-state index is 0.111. The first-order valence-corrected chi connectivity index (χ1v) is 10.2. The van der Waals surface area contributed by atoms with E-state index < -0.39 is 71.9 Å². The monoisotopic (exact) mass is 547 g/mol. The van der Waals surface area contributed by atoms with Gasteiger partial charge in [-0.05, 0) is 37.6 Å². The van der Waals surface area contributed by atoms with Crippen molar-refractivity contribution < 1.29 is 69.5 Å². The van der Waals surface area contributed by atoms with Crippen molar-refractivity contribution >= 4 is 18.2 Å². The number of hydrogen-bond donors (Lipinski definition) is 0. The molecule has 0 radical (unpaired) electrons. The van der Waals surface area contributed by atoms with Crippen molar-refractivity contribution in [3.05, 3.63) is 38.9 Å². The summed E-state index contributed by atoms with van der Waals surface area (Å²) < 4.78 is 101. The van der Waals surface area contributed by atoms with E-state index in [0.29, 0.717) is 6.08 Å². The molecule has 0 aliphatic carbocycles. The molecule has 1 aliphatic heterocycles. The Hall–Kier alpha value is -3.92. The van der Waals surface area contributed by atoms with Gasteiger partial charge in [-0.2, -0.15) is 13.2 Å². The summed E-state index contributed by atoms with van der Waals surface area (Å²) in [5.41, 5.74) is -1.60. The number of carbonyl (C=O) groups is 2. The molecule has 1 aromatic rings. The van der Waals surface area contributed by atoms with Gasteiger partial charge in [0, 0.05) is 18.9 Å². The Morgan fingerprint density at radius 2 is 1.76 bits per heavy atom. The number of benzene rings is 1. The number of hydrogen-bond acceptors (Lipinski definition) is 10. The molecule has 0 N–H and O–H groups in total. The Morgan fingerprint density at radius 1 is 1.11 bits per heavy atom. The van der Waals surface area contributed by atoms with Gasteiger partial charge in [0.05, 0.1) is 12.2 Å². The largest absolute Gasteiger partial charge is 0.573 e. The Kier molecular flexibility index (Phi) is 9.05. The summed E-state index contributed by atoms with van der Waals surface area (Å²) in [5, 5.41) is 9.03. The van der Waals surface area contributed by atoms with Crippen LogP contribution in [0.25, 0.3) is 6.08 Å². The van der Waals surface area contributed by atoms with Crippen molar-refractivity contribution in [1.82, 2.24) is 0 Å². The van der Waals surface area contributed by atoms with E-state index in [1.807, 2.05) is 0 Å². The zero-order chi connectivity index (χ0) is 28.1. The molecule has 37 heavy (non-hydrogen) atoms. The van der Waals surface area contributed by atoms with Crippen molar-refractivity contribution in [2.75, 3.05) is 6.61 Å². The van der Waals surface area contributed by atoms with E-state index in [-0.39, 0.29) is 17.5 Å². The van der Waals surface area contributed by atoms with Crippen molar-refractivity contribution in [1.29, 1.82) is 0 Å². The number of esters is 1. The summed E-state index contributed by atoms with van der Waals surface area (Å²) in [7, 11) is 0. The molecule has 17 heteroatoms. The molecule has 1 aromatic carbocycles. The van der Waals surface area contributed by atoms with Crippen LogP contribution < -0.4 is 9.47 Å². The Labute approximate surface area is 203 Å². The number of ether oxygens (including phenoxy) is 5. The lowest BCUT2D eigenvalue weighted by molar-refractivity contribution is -0.758. The lowest BCUT2D eigenvalue weighted by atomic mass is 9.99. The third-order valence-electron chi connectivity index (χ3n) is 4.43. The van der Waals surface area contributed by atoms with Crippen LogP contribution >= 0.6 is 0 Å². The van der Waals surface area contributed by atoms with Crippen molar-refractivity contribution in [2.45, 2.75) is 58.2 Å². The number of alkyl halides is 6. The molecule has 206 valence electrons. The van der Waals surface area contributed by atoms with Crippen LogP contribution in [0, 0.1) is 17.0 Å². The van der Waals surface area contributed by atoms with Gasteiger partial charge in [0.25, 0.3) is 5.09 Å². The number of nitrogens with zero attached hydrogens (tertiary/aromatic N) is 1. The standard InChI is InChI=1S/C20H19F6NO10/c1-9-6-13(37-20(24,25)26)7-12-8-14(16(19(21,22)23)36-15(9)12)17(28)34-11(3)35-18(29)33-10(2)4-5-32-27(30)31/h6-8,10-11,16H,4-5H2,1-3H3. The molecule has 11 nitrogen and oxygen atoms in total. The van der Waals surface area contributed by atoms with E-state index in [1.165, 1.54) is 13.8 Å². The van der Waals surface area contributed by atoms with Gasteiger partial charge in [-0.15, -0.1) is 23.3 Å². The average Bonchev–Trinajstić information content (AvgIpc) is 2.70. The van der Waals surface area contributed by atoms with Crippen LogP contribution in [0.1, 0.15) is 31.4 Å². The van der Waals surface area contributed by atoms with Gasteiger partial charge in [-0.25, -0.2) is 9.59 Å². The minimum atomic E-state index is -5.14. The first-order chi connectivity index (χ1) is 17.0. The van der Waals surface area contributed by atoms with Crippen molar-refractivity contribution in [2.24, 2.45) is 0 Å². The third-order valence-corrected chi connectivity index (χ3v) is 4.43. The van der Waals surface area contributed by atoms with Crippen LogP contribution in [0.15, 0.2) is 17.7 Å². The Bertz CT molecular complexity index is 1060. The second-order valence-corrected chi connectivity index (χ2v) is 7.46. The maximum atomic E-state index is 13.6. The summed E-state index contributed by atoms with van der Waals surface area (Å²) in [6, 6.07) is 1.53. The molecule has 0 bridgehead atoms. The van der Waals surface area contributed by atoms with Crippen molar-refractivity contribution in [3.63, 3.8) is 0 Å². The lowest BCUT2D eigenvalue weighted by Gasteiger charge is -2.29. The zero-order valence-corrected chi connectivity index (χ0v) is 19.2. The van der Waals surface area contributed by atoms with E-state index >= 15 is 0 Å². The fourth-order valence-electron chi connectivity index (χ4n) is 2.98. The summed E-state index contributed by atoms with van der Waals surface area (Å²) in [6.07, 6.45) is -16.7. The quantitative estimate of drug-likeness (QED) is 0.142. The van der Waals surface area contributed by atoms with Gasteiger partial charge in [0.15, 0.2) is 0 Å². The number of rotatable bonds is 9. The molecule has 1 heterocycles. The molecule has 1 aliphatic rings. The number of fused-ring (bicyclic) bond motifs is 1. The summed E-state index contributed by atoms with van der Waals surface area (Å²) >= 11 is 0. The van der Waals surface area contributed by atoms with E-state index in [2.05, 4.69) is 14.3 Å². The van der Waals surface area contributed by atoms with E-state index in [0.717, 1.165) is 19.1 Å². The fourth-order valence-corrected chi connectivity index (χ4v) is 2.98. The molecule has 3 atom stereocenters. The molecule has 0 fully saturated rings. The molecular weight excluding hydrogens is 528 g/mol. The Balaban J connectivity index is 2.16. The first kappa shape index (κ1) is 29.3. The summed E-state index contributed by atoms with van der Waals surface area (Å²) in [4.78, 5) is 38.4. The van der Waals surface area contributed by atoms with Crippen LogP contribution in [0.3, 0.4) is 0 Å². The van der Waals surface area contributed by atoms with Gasteiger partial charge in [0.1, 0.15) is 17.6 Å². The molecule has 0 amide bonds. The smallest absolute Gasteiger partial charge is 0.475 e. The highest BCUT2D eigenvalue weighted by Gasteiger charge is 2.49. The zero-order valence-electron chi connectivity index (χ0n) is 19.2. The summed E-state index contributed by atoms with van der Waals surface area (Å²) in [6.45, 7) is 3.07. The topological polar surface area (TPSA) is 133 Å². The number of halogens is 6. The third kappa shape index (κ3) is 8.91. The molecule has 3 unspecified atom stereocenters. The van der Waals surface area contributed by atoms with E-state index in [9.17, 15) is 46.0 Å². The Morgan fingerprint density at radius 3 is 2.32 bits per heavy atom. The van der Waals surface area contributed by atoms with Gasteiger partial charge in [0.2, 0.25) is 12.4 Å². The minimum Gasteiger partial charge on any atom is -0.475 e. The fraction of sp³-hybridized carbons (Fsp3) is 0.500. The lowest BCUT2D eigenvalue weighted by Crippen LogP contribution is -2.41. The second-order valence-electron chi connectivity index (χ2n) is 7.46.